The van der Waals surface area contributed by atoms with Gasteiger partial charge in [-0.2, -0.15) is 5.10 Å². The number of hydrogen-bond donors (Lipinski definition) is 0. The Hall–Kier alpha value is -4.11. The molecular weight excluding hydrogens is 469 g/mol. The first-order valence-corrected chi connectivity index (χ1v) is 12.5. The normalized spacial score (nSPS) is 11.9. The van der Waals surface area contributed by atoms with Crippen molar-refractivity contribution in [2.24, 2.45) is 5.16 Å². The summed E-state index contributed by atoms with van der Waals surface area (Å²) in [7, 11) is -1.95. The molecule has 0 atom stereocenters. The van der Waals surface area contributed by atoms with Gasteiger partial charge < -0.3 is 4.84 Å². The molecule has 0 bridgehead atoms. The van der Waals surface area contributed by atoms with Gasteiger partial charge >= 0.3 is 0 Å². The van der Waals surface area contributed by atoms with Gasteiger partial charge in [0.1, 0.15) is 18.6 Å². The molecule has 9 heteroatoms. The Morgan fingerprint density at radius 1 is 0.971 bits per heavy atom. The maximum Gasteiger partial charge on any atom is 0.275 e. The molecule has 4 rings (SSSR count). The monoisotopic (exact) mass is 491 g/mol. The standard InChI is InChI=1S/C26H22FN3O4S/c1-34-29-24(19-6-4-3-5-7-19)17-30-26(31)25(20-8-12-21(27)13-9-20)23(16-28-30)18-10-14-22(15-11-18)35(2,32)33/h3-16H,17H2,1-2H3/b29-24-. The zero-order chi connectivity index (χ0) is 25.0. The molecule has 0 spiro atoms. The zero-order valence-corrected chi connectivity index (χ0v) is 19.9. The van der Waals surface area contributed by atoms with Crippen molar-refractivity contribution in [3.63, 3.8) is 0 Å². The smallest absolute Gasteiger partial charge is 0.275 e. The summed E-state index contributed by atoms with van der Waals surface area (Å²) >= 11 is 0. The lowest BCUT2D eigenvalue weighted by Crippen LogP contribution is -2.28. The van der Waals surface area contributed by atoms with Crippen LogP contribution in [0.3, 0.4) is 0 Å². The van der Waals surface area contributed by atoms with Crippen LogP contribution in [0.4, 0.5) is 4.39 Å². The Kier molecular flexibility index (Phi) is 6.88. The number of nitrogens with zero attached hydrogens (tertiary/aromatic N) is 3. The summed E-state index contributed by atoms with van der Waals surface area (Å²) in [5.74, 6) is -0.430. The van der Waals surface area contributed by atoms with Crippen LogP contribution in [0.5, 0.6) is 0 Å². The van der Waals surface area contributed by atoms with E-state index in [0.29, 0.717) is 28.0 Å². The fourth-order valence-electron chi connectivity index (χ4n) is 3.65. The molecule has 0 aliphatic carbocycles. The van der Waals surface area contributed by atoms with E-state index >= 15 is 0 Å². The lowest BCUT2D eigenvalue weighted by Gasteiger charge is -2.14. The van der Waals surface area contributed by atoms with Crippen LogP contribution in [-0.4, -0.2) is 37.3 Å². The van der Waals surface area contributed by atoms with E-state index in [1.165, 1.54) is 54.4 Å². The summed E-state index contributed by atoms with van der Waals surface area (Å²) in [5, 5.41) is 8.42. The fourth-order valence-corrected chi connectivity index (χ4v) is 4.28. The molecule has 0 saturated heterocycles. The zero-order valence-electron chi connectivity index (χ0n) is 19.1. The van der Waals surface area contributed by atoms with E-state index < -0.39 is 21.2 Å². The van der Waals surface area contributed by atoms with Crippen LogP contribution in [0.25, 0.3) is 22.3 Å². The van der Waals surface area contributed by atoms with Gasteiger partial charge in [0.25, 0.3) is 5.56 Å². The van der Waals surface area contributed by atoms with E-state index in [-0.39, 0.29) is 11.4 Å². The Labute approximate surface area is 202 Å². The third kappa shape index (κ3) is 5.36. The molecular formula is C26H22FN3O4S. The predicted molar refractivity (Wildman–Crippen MR) is 132 cm³/mol. The van der Waals surface area contributed by atoms with Crippen molar-refractivity contribution >= 4 is 15.5 Å². The average Bonchev–Trinajstić information content (AvgIpc) is 2.85. The van der Waals surface area contributed by atoms with Gasteiger partial charge in [-0.1, -0.05) is 59.8 Å². The van der Waals surface area contributed by atoms with E-state index in [2.05, 4.69) is 10.3 Å². The number of oxime groups is 1. The molecule has 1 heterocycles. The van der Waals surface area contributed by atoms with Crippen molar-refractivity contribution in [2.45, 2.75) is 11.4 Å². The minimum atomic E-state index is -3.38. The van der Waals surface area contributed by atoms with Crippen LogP contribution in [0.2, 0.25) is 0 Å². The molecule has 0 unspecified atom stereocenters. The van der Waals surface area contributed by atoms with Gasteiger partial charge in [-0.05, 0) is 35.4 Å². The molecule has 0 saturated carbocycles. The molecule has 0 aliphatic rings. The second-order valence-corrected chi connectivity index (χ2v) is 9.80. The van der Waals surface area contributed by atoms with Crippen molar-refractivity contribution in [3.05, 3.63) is 107 Å². The van der Waals surface area contributed by atoms with E-state index in [1.807, 2.05) is 30.3 Å². The Bertz CT molecular complexity index is 1530. The minimum Gasteiger partial charge on any atom is -0.399 e. The first kappa shape index (κ1) is 24.0. The third-order valence-corrected chi connectivity index (χ3v) is 6.51. The highest BCUT2D eigenvalue weighted by Crippen LogP contribution is 2.29. The fraction of sp³-hybridized carbons (Fsp3) is 0.115. The van der Waals surface area contributed by atoms with Crippen LogP contribution in [0, 0.1) is 5.82 Å². The summed E-state index contributed by atoms with van der Waals surface area (Å²) < 4.78 is 38.6. The van der Waals surface area contributed by atoms with E-state index in [9.17, 15) is 17.6 Å². The van der Waals surface area contributed by atoms with Gasteiger partial charge in [0, 0.05) is 17.4 Å². The second-order valence-electron chi connectivity index (χ2n) is 7.79. The highest BCUT2D eigenvalue weighted by molar-refractivity contribution is 7.90. The molecule has 1 aromatic heterocycles. The molecule has 35 heavy (non-hydrogen) atoms. The van der Waals surface area contributed by atoms with E-state index in [1.54, 1.807) is 12.1 Å². The molecule has 7 nitrogen and oxygen atoms in total. The first-order valence-electron chi connectivity index (χ1n) is 10.6. The summed E-state index contributed by atoms with van der Waals surface area (Å²) in [6.45, 7) is 0.0399. The maximum atomic E-state index is 13.7. The highest BCUT2D eigenvalue weighted by Gasteiger charge is 2.18. The highest BCUT2D eigenvalue weighted by atomic mass is 32.2. The third-order valence-electron chi connectivity index (χ3n) is 5.38. The van der Waals surface area contributed by atoms with Crippen LogP contribution in [0.1, 0.15) is 5.56 Å². The summed E-state index contributed by atoms with van der Waals surface area (Å²) in [6.07, 6.45) is 2.66. The lowest BCUT2D eigenvalue weighted by molar-refractivity contribution is 0.212. The molecule has 0 aliphatic heterocycles. The van der Waals surface area contributed by atoms with Crippen molar-refractivity contribution < 1.29 is 17.6 Å². The van der Waals surface area contributed by atoms with Crippen LogP contribution in [0.15, 0.2) is 99.9 Å². The quantitative estimate of drug-likeness (QED) is 0.286. The molecule has 3 aromatic carbocycles. The number of halogens is 1. The molecule has 0 N–H and O–H groups in total. The molecule has 0 radical (unpaired) electrons. The number of rotatable bonds is 7. The van der Waals surface area contributed by atoms with Gasteiger partial charge in [-0.3, -0.25) is 4.79 Å². The maximum absolute atomic E-state index is 13.7. The van der Waals surface area contributed by atoms with Gasteiger partial charge in [0.2, 0.25) is 0 Å². The van der Waals surface area contributed by atoms with Gasteiger partial charge in [-0.15, -0.1) is 0 Å². The lowest BCUT2D eigenvalue weighted by atomic mass is 9.97. The van der Waals surface area contributed by atoms with Gasteiger partial charge in [0.15, 0.2) is 9.84 Å². The topological polar surface area (TPSA) is 90.6 Å². The summed E-state index contributed by atoms with van der Waals surface area (Å²) in [4.78, 5) is 18.8. The average molecular weight is 492 g/mol. The summed E-state index contributed by atoms with van der Waals surface area (Å²) in [6, 6.07) is 21.0. The SMILES string of the molecule is CO/N=C(/Cn1ncc(-c2ccc(S(C)(=O)=O)cc2)c(-c2ccc(F)cc2)c1=O)c1ccccc1. The Morgan fingerprint density at radius 3 is 2.20 bits per heavy atom. The van der Waals surface area contributed by atoms with Crippen LogP contribution >= 0.6 is 0 Å². The number of hydrogen-bond acceptors (Lipinski definition) is 6. The number of sulfone groups is 1. The van der Waals surface area contributed by atoms with Gasteiger partial charge in [0.05, 0.1) is 23.2 Å². The van der Waals surface area contributed by atoms with Crippen molar-refractivity contribution in [2.75, 3.05) is 13.4 Å². The van der Waals surface area contributed by atoms with E-state index in [4.69, 9.17) is 4.84 Å². The molecule has 0 fully saturated rings. The molecule has 178 valence electrons. The van der Waals surface area contributed by atoms with Crippen molar-refractivity contribution in [1.29, 1.82) is 0 Å². The van der Waals surface area contributed by atoms with Gasteiger partial charge in [-0.25, -0.2) is 17.5 Å². The predicted octanol–water partition coefficient (Wildman–Crippen LogP) is 4.17. The number of benzene rings is 3. The van der Waals surface area contributed by atoms with Crippen LogP contribution in [-0.2, 0) is 21.2 Å². The summed E-state index contributed by atoms with van der Waals surface area (Å²) in [5.41, 5.74) is 2.74. The van der Waals surface area contributed by atoms with E-state index in [0.717, 1.165) is 11.8 Å². The second kappa shape index (κ2) is 10.0. The van der Waals surface area contributed by atoms with Crippen LogP contribution < -0.4 is 5.56 Å². The molecule has 4 aromatic rings. The van der Waals surface area contributed by atoms with Crippen molar-refractivity contribution in [1.82, 2.24) is 9.78 Å². The minimum absolute atomic E-state index is 0.0399. The van der Waals surface area contributed by atoms with Crippen molar-refractivity contribution in [3.8, 4) is 22.3 Å². The molecule has 0 amide bonds. The Balaban J connectivity index is 1.86. The largest absolute Gasteiger partial charge is 0.399 e. The number of aromatic nitrogens is 2. The Morgan fingerprint density at radius 2 is 1.60 bits per heavy atom. The first-order chi connectivity index (χ1) is 16.8.